The van der Waals surface area contributed by atoms with Crippen LogP contribution in [-0.2, 0) is 5.41 Å². The predicted octanol–water partition coefficient (Wildman–Crippen LogP) is 14.4. The molecule has 0 saturated carbocycles. The molecular weight excluding hydrogens is 663 g/mol. The van der Waals surface area contributed by atoms with Crippen LogP contribution in [0.2, 0.25) is 0 Å². The van der Waals surface area contributed by atoms with Crippen LogP contribution in [0.4, 0.5) is 17.1 Å². The van der Waals surface area contributed by atoms with E-state index in [-0.39, 0.29) is 5.41 Å². The van der Waals surface area contributed by atoms with Crippen LogP contribution >= 0.6 is 11.3 Å². The Morgan fingerprint density at radius 2 is 1.06 bits per heavy atom. The number of rotatable bonds is 5. The van der Waals surface area contributed by atoms with Gasteiger partial charge in [0.05, 0.1) is 0 Å². The van der Waals surface area contributed by atoms with Crippen LogP contribution in [0.5, 0.6) is 0 Å². The van der Waals surface area contributed by atoms with Gasteiger partial charge in [0.1, 0.15) is 11.2 Å². The number of furan rings is 1. The molecule has 3 heteroatoms. The number of para-hydroxylation sites is 2. The van der Waals surface area contributed by atoms with Crippen LogP contribution in [0.25, 0.3) is 64.4 Å². The first-order chi connectivity index (χ1) is 26.1. The van der Waals surface area contributed by atoms with E-state index in [1.165, 1.54) is 48.0 Å². The molecule has 10 aromatic rings. The second kappa shape index (κ2) is 11.5. The maximum atomic E-state index is 6.83. The van der Waals surface area contributed by atoms with Crippen molar-refractivity contribution in [2.45, 2.75) is 12.3 Å². The molecule has 0 atom stereocenters. The van der Waals surface area contributed by atoms with E-state index in [1.54, 1.807) is 0 Å². The van der Waals surface area contributed by atoms with E-state index >= 15 is 0 Å². The van der Waals surface area contributed by atoms with Gasteiger partial charge in [0.2, 0.25) is 0 Å². The number of benzene rings is 8. The van der Waals surface area contributed by atoms with E-state index in [4.69, 9.17) is 4.42 Å². The molecule has 1 aliphatic rings. The molecule has 2 heterocycles. The standard InChI is InChI=1S/C50H33NOS/c1-50(44-19-8-5-14-38(44)39-15-6-9-20-45(39)50)33-24-28-40-43-18-11-17-37(49(43)52-46(40)30-33)32-22-25-35(26-23-32)51(34-12-3-2-4-13-34)36-27-29-42-41-16-7-10-21-47(41)53-48(42)31-36/h2-31H,1H3. The second-order valence-electron chi connectivity index (χ2n) is 14.2. The van der Waals surface area contributed by atoms with Crippen molar-refractivity contribution in [1.29, 1.82) is 0 Å². The Labute approximate surface area is 311 Å². The number of fused-ring (bicyclic) bond motifs is 9. The van der Waals surface area contributed by atoms with Crippen molar-refractivity contribution in [3.8, 4) is 22.3 Å². The predicted molar refractivity (Wildman–Crippen MR) is 224 cm³/mol. The molecule has 0 N–H and O–H groups in total. The van der Waals surface area contributed by atoms with Crippen LogP contribution in [0.15, 0.2) is 186 Å². The molecule has 0 saturated heterocycles. The van der Waals surface area contributed by atoms with Crippen LogP contribution in [0, 0.1) is 0 Å². The van der Waals surface area contributed by atoms with E-state index in [9.17, 15) is 0 Å². The van der Waals surface area contributed by atoms with Crippen molar-refractivity contribution >= 4 is 70.5 Å². The highest BCUT2D eigenvalue weighted by atomic mass is 32.1. The summed E-state index contributed by atoms with van der Waals surface area (Å²) in [6.45, 7) is 2.35. The highest BCUT2D eigenvalue weighted by Gasteiger charge is 2.40. The third-order valence-electron chi connectivity index (χ3n) is 11.4. The maximum absolute atomic E-state index is 6.83. The van der Waals surface area contributed by atoms with E-state index in [2.05, 4.69) is 194 Å². The number of thiophene rings is 1. The lowest BCUT2D eigenvalue weighted by atomic mass is 9.74. The minimum absolute atomic E-state index is 0.273. The molecule has 0 spiro atoms. The first kappa shape index (κ1) is 30.2. The number of hydrogen-bond donors (Lipinski definition) is 0. The lowest BCUT2D eigenvalue weighted by Crippen LogP contribution is -2.22. The molecule has 53 heavy (non-hydrogen) atoms. The molecule has 11 rings (SSSR count). The van der Waals surface area contributed by atoms with Crippen LogP contribution in [0.1, 0.15) is 23.6 Å². The van der Waals surface area contributed by atoms with Crippen LogP contribution in [-0.4, -0.2) is 0 Å². The second-order valence-corrected chi connectivity index (χ2v) is 15.3. The van der Waals surface area contributed by atoms with Crippen molar-refractivity contribution in [2.75, 3.05) is 4.90 Å². The Morgan fingerprint density at radius 1 is 0.453 bits per heavy atom. The lowest BCUT2D eigenvalue weighted by Gasteiger charge is -2.28. The summed E-state index contributed by atoms with van der Waals surface area (Å²) in [6.07, 6.45) is 0. The molecule has 1 aliphatic carbocycles. The third-order valence-corrected chi connectivity index (χ3v) is 12.5. The average Bonchev–Trinajstić information content (AvgIpc) is 3.87. The molecule has 0 aliphatic heterocycles. The monoisotopic (exact) mass is 695 g/mol. The molecule has 2 nitrogen and oxygen atoms in total. The van der Waals surface area contributed by atoms with Gasteiger partial charge in [-0.1, -0.05) is 133 Å². The molecule has 8 aromatic carbocycles. The van der Waals surface area contributed by atoms with E-state index in [0.29, 0.717) is 0 Å². The summed E-state index contributed by atoms with van der Waals surface area (Å²) < 4.78 is 9.43. The SMILES string of the molecule is CC1(c2ccc3c(c2)oc2c(-c4ccc(N(c5ccccc5)c5ccc6c(c5)sc5ccccc56)cc4)cccc23)c2ccccc2-c2ccccc21. The Kier molecular flexibility index (Phi) is 6.58. The van der Waals surface area contributed by atoms with E-state index in [0.717, 1.165) is 50.1 Å². The van der Waals surface area contributed by atoms with Crippen molar-refractivity contribution in [3.63, 3.8) is 0 Å². The molecule has 0 bridgehead atoms. The smallest absolute Gasteiger partial charge is 0.143 e. The summed E-state index contributed by atoms with van der Waals surface area (Å²) >= 11 is 1.85. The van der Waals surface area contributed by atoms with Crippen LogP contribution in [0.3, 0.4) is 0 Å². The summed E-state index contributed by atoms with van der Waals surface area (Å²) in [6, 6.07) is 66.0. The van der Waals surface area contributed by atoms with Gasteiger partial charge in [-0.2, -0.15) is 0 Å². The Morgan fingerprint density at radius 3 is 1.85 bits per heavy atom. The summed E-state index contributed by atoms with van der Waals surface area (Å²) in [4.78, 5) is 2.34. The van der Waals surface area contributed by atoms with E-state index in [1.807, 2.05) is 11.3 Å². The van der Waals surface area contributed by atoms with Crippen molar-refractivity contribution in [2.24, 2.45) is 0 Å². The van der Waals surface area contributed by atoms with Gasteiger partial charge >= 0.3 is 0 Å². The molecule has 0 radical (unpaired) electrons. The van der Waals surface area contributed by atoms with Gasteiger partial charge < -0.3 is 9.32 Å². The quantitative estimate of drug-likeness (QED) is 0.178. The van der Waals surface area contributed by atoms with Crippen LogP contribution < -0.4 is 4.90 Å². The average molecular weight is 696 g/mol. The molecule has 0 amide bonds. The first-order valence-corrected chi connectivity index (χ1v) is 19.0. The summed E-state index contributed by atoms with van der Waals surface area (Å²) in [5.74, 6) is 0. The molecular formula is C50H33NOS. The first-order valence-electron chi connectivity index (χ1n) is 18.2. The Hall–Kier alpha value is -6.42. The Bertz CT molecular complexity index is 2980. The van der Waals surface area contributed by atoms with Gasteiger partial charge in [0.15, 0.2) is 0 Å². The zero-order chi connectivity index (χ0) is 35.1. The number of anilines is 3. The molecule has 0 unspecified atom stereocenters. The fourth-order valence-corrected chi connectivity index (χ4v) is 9.91. The molecule has 250 valence electrons. The van der Waals surface area contributed by atoms with Gasteiger partial charge in [-0.25, -0.2) is 0 Å². The van der Waals surface area contributed by atoms with E-state index < -0.39 is 0 Å². The van der Waals surface area contributed by atoms with Gasteiger partial charge in [0.25, 0.3) is 0 Å². The minimum atomic E-state index is -0.273. The van der Waals surface area contributed by atoms with Crippen molar-refractivity contribution < 1.29 is 4.42 Å². The molecule has 0 fully saturated rings. The summed E-state index contributed by atoms with van der Waals surface area (Å²) in [7, 11) is 0. The summed E-state index contributed by atoms with van der Waals surface area (Å²) in [5, 5.41) is 4.88. The van der Waals surface area contributed by atoms with Gasteiger partial charge in [-0.15, -0.1) is 11.3 Å². The zero-order valence-electron chi connectivity index (χ0n) is 29.1. The largest absolute Gasteiger partial charge is 0.455 e. The van der Waals surface area contributed by atoms with Gasteiger partial charge in [-0.05, 0) is 88.8 Å². The maximum Gasteiger partial charge on any atom is 0.143 e. The lowest BCUT2D eigenvalue weighted by molar-refractivity contribution is 0.663. The van der Waals surface area contributed by atoms with Crippen molar-refractivity contribution in [1.82, 2.24) is 0 Å². The van der Waals surface area contributed by atoms with Crippen molar-refractivity contribution in [3.05, 3.63) is 199 Å². The fraction of sp³-hybridized carbons (Fsp3) is 0.0400. The number of hydrogen-bond acceptors (Lipinski definition) is 3. The van der Waals surface area contributed by atoms with Gasteiger partial charge in [0, 0.05) is 59.0 Å². The van der Waals surface area contributed by atoms with Gasteiger partial charge in [-0.3, -0.25) is 0 Å². The number of nitrogens with zero attached hydrogens (tertiary/aromatic N) is 1. The minimum Gasteiger partial charge on any atom is -0.455 e. The highest BCUT2D eigenvalue weighted by molar-refractivity contribution is 7.25. The normalized spacial score (nSPS) is 13.2. The fourth-order valence-electron chi connectivity index (χ4n) is 8.77. The summed E-state index contributed by atoms with van der Waals surface area (Å²) in [5.41, 5.74) is 13.7. The topological polar surface area (TPSA) is 16.4 Å². The zero-order valence-corrected chi connectivity index (χ0v) is 29.9. The molecule has 2 aromatic heterocycles. The highest BCUT2D eigenvalue weighted by Crippen LogP contribution is 2.53. The third kappa shape index (κ3) is 4.51. The Balaban J connectivity index is 0.999.